The van der Waals surface area contributed by atoms with Crippen LogP contribution in [-0.2, 0) is 14.6 Å². The number of fused-ring (bicyclic) bond motifs is 2. The Morgan fingerprint density at radius 2 is 1.71 bits per heavy atom. The molecule has 2 aliphatic heterocycles. The van der Waals surface area contributed by atoms with Gasteiger partial charge < -0.3 is 4.74 Å². The number of ether oxygens (including phenoxy) is 1. The summed E-state index contributed by atoms with van der Waals surface area (Å²) in [4.78, 5) is 0. The third-order valence-electron chi connectivity index (χ3n) is 2.47. The maximum atomic E-state index is 13.8. The Morgan fingerprint density at radius 1 is 1.21 bits per heavy atom. The molecule has 0 saturated carbocycles. The first kappa shape index (κ1) is 9.97. The lowest BCUT2D eigenvalue weighted by molar-refractivity contribution is -0.0891. The fourth-order valence-corrected chi connectivity index (χ4v) is 2.88. The van der Waals surface area contributed by atoms with Gasteiger partial charge >= 0.3 is 10.9 Å². The second kappa shape index (κ2) is 2.33. The molecule has 0 amide bonds. The van der Waals surface area contributed by atoms with Gasteiger partial charge in [0.05, 0.1) is 0 Å². The van der Waals surface area contributed by atoms with E-state index in [1.54, 1.807) is 0 Å². The van der Waals surface area contributed by atoms with Crippen molar-refractivity contribution in [3.05, 3.63) is 12.2 Å². The van der Waals surface area contributed by atoms with Crippen LogP contribution in [-0.4, -0.2) is 37.8 Å². The molecule has 0 aliphatic carbocycles. The van der Waals surface area contributed by atoms with E-state index >= 15 is 0 Å². The highest BCUT2D eigenvalue weighted by molar-refractivity contribution is 7.92. The average molecular weight is 228 g/mol. The van der Waals surface area contributed by atoms with Gasteiger partial charge in [0, 0.05) is 6.26 Å². The van der Waals surface area contributed by atoms with Gasteiger partial charge in [0.15, 0.2) is 9.84 Å². The summed E-state index contributed by atoms with van der Waals surface area (Å²) in [5.74, 6) is -4.01. The second-order valence-corrected chi connectivity index (χ2v) is 5.54. The van der Waals surface area contributed by atoms with E-state index in [0.717, 1.165) is 12.2 Å². The molecule has 14 heavy (non-hydrogen) atoms. The third-order valence-corrected chi connectivity index (χ3v) is 4.06. The van der Waals surface area contributed by atoms with Gasteiger partial charge in [-0.2, -0.15) is 8.78 Å². The van der Waals surface area contributed by atoms with Crippen LogP contribution < -0.4 is 0 Å². The summed E-state index contributed by atoms with van der Waals surface area (Å²) in [5.41, 5.74) is 0. The highest BCUT2D eigenvalue weighted by Crippen LogP contribution is 2.53. The first-order valence-electron chi connectivity index (χ1n) is 3.81. The van der Waals surface area contributed by atoms with Gasteiger partial charge in [-0.05, 0) is 0 Å². The lowest BCUT2D eigenvalue weighted by Gasteiger charge is -2.29. The van der Waals surface area contributed by atoms with Crippen LogP contribution in [0.4, 0.5) is 13.2 Å². The third kappa shape index (κ3) is 0.844. The fraction of sp³-hybridized carbons (Fsp3) is 0.714. The van der Waals surface area contributed by atoms with Crippen LogP contribution in [0.5, 0.6) is 0 Å². The Hall–Kier alpha value is -0.560. The number of alkyl halides is 3. The maximum absolute atomic E-state index is 13.8. The zero-order chi connectivity index (χ0) is 10.8. The van der Waals surface area contributed by atoms with Crippen molar-refractivity contribution in [2.24, 2.45) is 0 Å². The topological polar surface area (TPSA) is 43.4 Å². The van der Waals surface area contributed by atoms with Crippen LogP contribution in [0, 0.1) is 0 Å². The molecule has 0 aromatic heterocycles. The van der Waals surface area contributed by atoms with Gasteiger partial charge in [-0.3, -0.25) is 0 Å². The van der Waals surface area contributed by atoms with Crippen molar-refractivity contribution >= 4 is 9.84 Å². The van der Waals surface area contributed by atoms with E-state index in [9.17, 15) is 21.6 Å². The summed E-state index contributed by atoms with van der Waals surface area (Å²) in [7, 11) is -4.53. The summed E-state index contributed by atoms with van der Waals surface area (Å²) >= 11 is 0. The minimum absolute atomic E-state index is 0.443. The van der Waals surface area contributed by atoms with Crippen molar-refractivity contribution in [1.82, 2.24) is 0 Å². The zero-order valence-corrected chi connectivity index (χ0v) is 7.89. The summed E-state index contributed by atoms with van der Waals surface area (Å²) in [5, 5.41) is -3.63. The molecule has 0 N–H and O–H groups in total. The van der Waals surface area contributed by atoms with Gasteiger partial charge in [0.1, 0.15) is 12.2 Å². The lowest BCUT2D eigenvalue weighted by atomic mass is 10.0. The molecule has 3 atom stereocenters. The summed E-state index contributed by atoms with van der Waals surface area (Å²) in [6, 6.07) is 0. The average Bonchev–Trinajstić information content (AvgIpc) is 2.52. The largest absolute Gasteiger partial charge is 0.356 e. The van der Waals surface area contributed by atoms with E-state index in [4.69, 9.17) is 0 Å². The number of sulfone groups is 1. The van der Waals surface area contributed by atoms with Crippen molar-refractivity contribution in [3.8, 4) is 0 Å². The SMILES string of the molecule is CS(=O)(=O)C1(F)C2C=CC(O2)C1(F)F. The quantitative estimate of drug-likeness (QED) is 0.619. The predicted molar refractivity (Wildman–Crippen MR) is 41.4 cm³/mol. The van der Waals surface area contributed by atoms with Crippen molar-refractivity contribution in [1.29, 1.82) is 0 Å². The first-order valence-corrected chi connectivity index (χ1v) is 5.70. The van der Waals surface area contributed by atoms with Crippen LogP contribution in [0.25, 0.3) is 0 Å². The summed E-state index contributed by atoms with van der Waals surface area (Å²) in [6.45, 7) is 0. The number of hydrogen-bond donors (Lipinski definition) is 0. The molecule has 3 nitrogen and oxygen atoms in total. The normalized spacial score (nSPS) is 44.6. The summed E-state index contributed by atoms with van der Waals surface area (Å²) < 4.78 is 66.8. The van der Waals surface area contributed by atoms with Gasteiger partial charge in [-0.25, -0.2) is 12.8 Å². The molecule has 1 saturated heterocycles. The molecule has 3 unspecified atom stereocenters. The Bertz CT molecular complexity index is 402. The smallest absolute Gasteiger partial charge is 0.327 e. The minimum atomic E-state index is -4.53. The molecule has 0 radical (unpaired) electrons. The molecular formula is C7H7F3O3S. The molecule has 0 spiro atoms. The molecule has 2 aliphatic rings. The molecule has 2 rings (SSSR count). The van der Waals surface area contributed by atoms with Crippen molar-refractivity contribution in [2.45, 2.75) is 23.1 Å². The minimum Gasteiger partial charge on any atom is -0.356 e. The van der Waals surface area contributed by atoms with Crippen LogP contribution in [0.1, 0.15) is 0 Å². The Labute approximate surface area is 78.5 Å². The van der Waals surface area contributed by atoms with Crippen LogP contribution in [0.3, 0.4) is 0 Å². The Morgan fingerprint density at radius 3 is 2.00 bits per heavy atom. The highest BCUT2D eigenvalue weighted by atomic mass is 32.2. The standard InChI is InChI=1S/C7H7F3O3S/c1-14(11,12)7(10)5-3-2-4(13-5)6(7,8)9/h2-5H,1H3. The number of hydrogen-bond acceptors (Lipinski definition) is 3. The van der Waals surface area contributed by atoms with E-state index in [2.05, 4.69) is 4.74 Å². The fourth-order valence-electron chi connectivity index (χ4n) is 1.71. The van der Waals surface area contributed by atoms with E-state index in [1.165, 1.54) is 0 Å². The van der Waals surface area contributed by atoms with Crippen molar-refractivity contribution in [3.63, 3.8) is 0 Å². The Balaban J connectivity index is 2.62. The zero-order valence-electron chi connectivity index (χ0n) is 7.08. The molecule has 2 bridgehead atoms. The first-order chi connectivity index (χ1) is 6.21. The predicted octanol–water partition coefficient (Wildman–Crippen LogP) is 0.669. The van der Waals surface area contributed by atoms with Gasteiger partial charge in [-0.1, -0.05) is 12.2 Å². The second-order valence-electron chi connectivity index (χ2n) is 3.40. The van der Waals surface area contributed by atoms with E-state index in [1.807, 2.05) is 0 Å². The Kier molecular flexibility index (Phi) is 1.66. The monoisotopic (exact) mass is 228 g/mol. The van der Waals surface area contributed by atoms with Gasteiger partial charge in [0.2, 0.25) is 0 Å². The molecule has 0 aromatic rings. The molecule has 0 aromatic carbocycles. The summed E-state index contributed by atoms with van der Waals surface area (Å²) in [6.07, 6.45) is -1.03. The van der Waals surface area contributed by atoms with Crippen LogP contribution in [0.2, 0.25) is 0 Å². The van der Waals surface area contributed by atoms with Crippen molar-refractivity contribution in [2.75, 3.05) is 6.26 Å². The molecule has 2 heterocycles. The maximum Gasteiger partial charge on any atom is 0.327 e. The van der Waals surface area contributed by atoms with E-state index < -0.39 is 33.0 Å². The molecule has 7 heteroatoms. The highest BCUT2D eigenvalue weighted by Gasteiger charge is 2.77. The molecule has 1 fully saturated rings. The van der Waals surface area contributed by atoms with Crippen LogP contribution >= 0.6 is 0 Å². The van der Waals surface area contributed by atoms with Crippen LogP contribution in [0.15, 0.2) is 12.2 Å². The number of halogens is 3. The van der Waals surface area contributed by atoms with E-state index in [0.29, 0.717) is 6.26 Å². The molecular weight excluding hydrogens is 221 g/mol. The van der Waals surface area contributed by atoms with E-state index in [-0.39, 0.29) is 0 Å². The van der Waals surface area contributed by atoms with Gasteiger partial charge in [-0.15, -0.1) is 0 Å². The number of rotatable bonds is 1. The van der Waals surface area contributed by atoms with Crippen molar-refractivity contribution < 1.29 is 26.3 Å². The van der Waals surface area contributed by atoms with Gasteiger partial charge in [0.25, 0.3) is 0 Å². The molecule has 80 valence electrons. The lowest BCUT2D eigenvalue weighted by Crippen LogP contribution is -2.55.